The number of rotatable bonds is 2. The van der Waals surface area contributed by atoms with E-state index in [4.69, 9.17) is 0 Å². The van der Waals surface area contributed by atoms with Gasteiger partial charge in [-0.25, -0.2) is 0 Å². The highest BCUT2D eigenvalue weighted by atomic mass is 15.1. The molecule has 2 heterocycles. The number of fused-ring (bicyclic) bond motifs is 2. The van der Waals surface area contributed by atoms with Gasteiger partial charge in [0.05, 0.1) is 0 Å². The van der Waals surface area contributed by atoms with Crippen molar-refractivity contribution in [2.24, 2.45) is 7.05 Å². The van der Waals surface area contributed by atoms with E-state index in [0.29, 0.717) is 0 Å². The predicted molar refractivity (Wildman–Crippen MR) is 116 cm³/mol. The maximum Gasteiger partial charge on any atom is 0.212 e. The normalized spacial score (nSPS) is 15.1. The van der Waals surface area contributed by atoms with E-state index in [1.165, 1.54) is 44.7 Å². The molecule has 1 aliphatic rings. The van der Waals surface area contributed by atoms with Crippen LogP contribution in [0.5, 0.6) is 0 Å². The van der Waals surface area contributed by atoms with Gasteiger partial charge >= 0.3 is 0 Å². The number of aromatic nitrogens is 1. The molecule has 0 bridgehead atoms. The number of anilines is 1. The summed E-state index contributed by atoms with van der Waals surface area (Å²) in [5.74, 6) is 0. The molecule has 2 heteroatoms. The summed E-state index contributed by atoms with van der Waals surface area (Å²) in [5.41, 5.74) is 8.71. The summed E-state index contributed by atoms with van der Waals surface area (Å²) in [6.07, 6.45) is 10.8. The summed E-state index contributed by atoms with van der Waals surface area (Å²) in [6.45, 7) is 4.26. The molecular weight excluding hydrogens is 328 g/mol. The number of benzene rings is 2. The molecule has 0 spiro atoms. The monoisotopic (exact) mass is 353 g/mol. The van der Waals surface area contributed by atoms with Crippen molar-refractivity contribution in [3.8, 4) is 0 Å². The van der Waals surface area contributed by atoms with Gasteiger partial charge in [0.25, 0.3) is 0 Å². The van der Waals surface area contributed by atoms with Crippen molar-refractivity contribution in [3.63, 3.8) is 0 Å². The Morgan fingerprint density at radius 1 is 0.889 bits per heavy atom. The lowest BCUT2D eigenvalue weighted by atomic mass is 10.0. The molecule has 0 fully saturated rings. The fourth-order valence-corrected chi connectivity index (χ4v) is 3.66. The van der Waals surface area contributed by atoms with Crippen LogP contribution in [-0.2, 0) is 7.05 Å². The maximum absolute atomic E-state index is 2.24. The third-order valence-electron chi connectivity index (χ3n) is 5.26. The Kier molecular flexibility index (Phi) is 4.41. The summed E-state index contributed by atoms with van der Waals surface area (Å²) in [4.78, 5) is 2.24. The summed E-state index contributed by atoms with van der Waals surface area (Å²) >= 11 is 0. The average Bonchev–Trinajstić information content (AvgIpc) is 2.65. The fourth-order valence-electron chi connectivity index (χ4n) is 3.66. The van der Waals surface area contributed by atoms with Crippen LogP contribution in [0.4, 0.5) is 5.69 Å². The maximum atomic E-state index is 2.24. The van der Waals surface area contributed by atoms with Gasteiger partial charge in [-0.05, 0) is 55.8 Å². The second-order valence-corrected chi connectivity index (χ2v) is 7.28. The molecule has 2 aromatic carbocycles. The molecule has 0 N–H and O–H groups in total. The van der Waals surface area contributed by atoms with Gasteiger partial charge in [-0.1, -0.05) is 35.4 Å². The van der Waals surface area contributed by atoms with Crippen molar-refractivity contribution in [2.75, 3.05) is 11.9 Å². The van der Waals surface area contributed by atoms with Gasteiger partial charge in [0.1, 0.15) is 7.05 Å². The topological polar surface area (TPSA) is 7.12 Å². The first kappa shape index (κ1) is 17.3. The van der Waals surface area contributed by atoms with Gasteiger partial charge in [0, 0.05) is 42.0 Å². The lowest BCUT2D eigenvalue weighted by Crippen LogP contribution is -2.32. The summed E-state index contributed by atoms with van der Waals surface area (Å²) in [7, 11) is 4.24. The van der Waals surface area contributed by atoms with Crippen molar-refractivity contribution in [3.05, 3.63) is 94.8 Å². The van der Waals surface area contributed by atoms with E-state index in [-0.39, 0.29) is 0 Å². The number of likely N-dealkylation sites (N-methyl/N-ethyl adjacent to an activating group) is 1. The Morgan fingerprint density at radius 2 is 1.67 bits per heavy atom. The molecule has 134 valence electrons. The zero-order chi connectivity index (χ0) is 19.0. The summed E-state index contributed by atoms with van der Waals surface area (Å²) in [6, 6.07) is 17.5. The first-order valence-electron chi connectivity index (χ1n) is 9.33. The van der Waals surface area contributed by atoms with Gasteiger partial charge in [0.15, 0.2) is 0 Å². The SMILES string of the molecule is Cc1ccc2c(c1)C=C/C(=C\C=C\c1ccc3cc(C)ccc3[n+]1C)N2C. The minimum Gasteiger partial charge on any atom is -0.344 e. The lowest BCUT2D eigenvalue weighted by Gasteiger charge is -2.26. The molecule has 0 aliphatic carbocycles. The van der Waals surface area contributed by atoms with E-state index in [0.717, 1.165) is 0 Å². The molecular formula is C25H25N2+. The van der Waals surface area contributed by atoms with E-state index in [1.807, 2.05) is 0 Å². The molecule has 1 aliphatic heterocycles. The number of hydrogen-bond acceptors (Lipinski definition) is 1. The minimum atomic E-state index is 1.18. The average molecular weight is 353 g/mol. The van der Waals surface area contributed by atoms with Crippen LogP contribution in [0.25, 0.3) is 23.1 Å². The number of aryl methyl sites for hydroxylation is 3. The number of nitrogens with zero attached hydrogens (tertiary/aromatic N) is 2. The lowest BCUT2D eigenvalue weighted by molar-refractivity contribution is -0.646. The van der Waals surface area contributed by atoms with Gasteiger partial charge in [-0.15, -0.1) is 0 Å². The van der Waals surface area contributed by atoms with E-state index in [2.05, 4.69) is 116 Å². The Balaban J connectivity index is 1.63. The second kappa shape index (κ2) is 6.88. The predicted octanol–water partition coefficient (Wildman–Crippen LogP) is 5.34. The Labute approximate surface area is 161 Å². The second-order valence-electron chi connectivity index (χ2n) is 7.28. The van der Waals surface area contributed by atoms with Crippen LogP contribution in [0.3, 0.4) is 0 Å². The van der Waals surface area contributed by atoms with Crippen molar-refractivity contribution in [1.82, 2.24) is 0 Å². The van der Waals surface area contributed by atoms with Crippen LogP contribution in [-0.4, -0.2) is 7.05 Å². The summed E-state index contributed by atoms with van der Waals surface area (Å²) in [5, 5.41) is 1.27. The molecule has 0 saturated carbocycles. The van der Waals surface area contributed by atoms with Crippen molar-refractivity contribution < 1.29 is 4.57 Å². The summed E-state index contributed by atoms with van der Waals surface area (Å²) < 4.78 is 2.24. The van der Waals surface area contributed by atoms with Crippen LogP contribution in [0.2, 0.25) is 0 Å². The van der Waals surface area contributed by atoms with Crippen LogP contribution in [0, 0.1) is 13.8 Å². The largest absolute Gasteiger partial charge is 0.344 e. The fraction of sp³-hybridized carbons (Fsp3) is 0.160. The molecule has 0 atom stereocenters. The quantitative estimate of drug-likeness (QED) is 0.564. The van der Waals surface area contributed by atoms with Gasteiger partial charge in [-0.2, -0.15) is 4.57 Å². The minimum absolute atomic E-state index is 1.18. The Morgan fingerprint density at radius 3 is 2.52 bits per heavy atom. The molecule has 3 aromatic rings. The van der Waals surface area contributed by atoms with E-state index < -0.39 is 0 Å². The van der Waals surface area contributed by atoms with Crippen LogP contribution in [0.1, 0.15) is 22.4 Å². The zero-order valence-electron chi connectivity index (χ0n) is 16.4. The van der Waals surface area contributed by atoms with Crippen molar-refractivity contribution in [2.45, 2.75) is 13.8 Å². The van der Waals surface area contributed by atoms with E-state index in [9.17, 15) is 0 Å². The van der Waals surface area contributed by atoms with Crippen LogP contribution >= 0.6 is 0 Å². The molecule has 0 amide bonds. The molecule has 0 radical (unpaired) electrons. The first-order valence-corrected chi connectivity index (χ1v) is 9.33. The molecule has 0 saturated heterocycles. The van der Waals surface area contributed by atoms with Gasteiger partial charge < -0.3 is 4.90 Å². The Bertz CT molecular complexity index is 1120. The third kappa shape index (κ3) is 3.31. The molecule has 27 heavy (non-hydrogen) atoms. The van der Waals surface area contributed by atoms with Gasteiger partial charge in [0.2, 0.25) is 11.2 Å². The Hall–Kier alpha value is -3.13. The number of allylic oxidation sites excluding steroid dienone is 3. The number of pyridine rings is 1. The molecule has 0 unspecified atom stereocenters. The molecule has 4 rings (SSSR count). The van der Waals surface area contributed by atoms with Crippen molar-refractivity contribution in [1.29, 1.82) is 0 Å². The van der Waals surface area contributed by atoms with E-state index >= 15 is 0 Å². The number of hydrogen-bond donors (Lipinski definition) is 0. The highest BCUT2D eigenvalue weighted by molar-refractivity contribution is 5.78. The molecule has 1 aromatic heterocycles. The van der Waals surface area contributed by atoms with Gasteiger partial charge in [-0.3, -0.25) is 0 Å². The first-order chi connectivity index (χ1) is 13.0. The highest BCUT2D eigenvalue weighted by Crippen LogP contribution is 2.30. The molecule has 2 nitrogen and oxygen atoms in total. The zero-order valence-corrected chi connectivity index (χ0v) is 16.4. The van der Waals surface area contributed by atoms with E-state index in [1.54, 1.807) is 0 Å². The third-order valence-corrected chi connectivity index (χ3v) is 5.26. The highest BCUT2D eigenvalue weighted by Gasteiger charge is 2.13. The standard InChI is InChI=1S/C25H25N2/c1-18-8-14-24-20(16-18)10-12-22(26(24)3)6-5-7-23-13-11-21-17-19(2)9-15-25(21)27(23)4/h5-17H,1-4H3/q+1. The van der Waals surface area contributed by atoms with Crippen LogP contribution in [0.15, 0.2) is 72.5 Å². The smallest absolute Gasteiger partial charge is 0.212 e. The van der Waals surface area contributed by atoms with Crippen LogP contribution < -0.4 is 9.47 Å². The van der Waals surface area contributed by atoms with Crippen molar-refractivity contribution >= 4 is 28.7 Å².